The zero-order valence-corrected chi connectivity index (χ0v) is 17.2. The number of amides is 2. The van der Waals surface area contributed by atoms with E-state index in [2.05, 4.69) is 25.2 Å². The van der Waals surface area contributed by atoms with E-state index >= 15 is 0 Å². The third-order valence-corrected chi connectivity index (χ3v) is 5.86. The maximum absolute atomic E-state index is 12.8. The number of carbonyl (C=O) groups is 2. The molecule has 1 fully saturated rings. The van der Waals surface area contributed by atoms with Crippen molar-refractivity contribution in [3.63, 3.8) is 0 Å². The smallest absolute Gasteiger partial charge is 0.253 e. The monoisotopic (exact) mass is 398 g/mol. The highest BCUT2D eigenvalue weighted by Crippen LogP contribution is 2.28. The Morgan fingerprint density at radius 2 is 1.75 bits per heavy atom. The summed E-state index contributed by atoms with van der Waals surface area (Å²) in [5.41, 5.74) is 2.71. The predicted octanol–water partition coefficient (Wildman–Crippen LogP) is 5.34. The molecule has 28 heavy (non-hydrogen) atoms. The number of anilines is 1. The van der Waals surface area contributed by atoms with E-state index in [1.54, 1.807) is 24.3 Å². The minimum Gasteiger partial charge on any atom is -0.339 e. The zero-order valence-electron chi connectivity index (χ0n) is 16.5. The van der Waals surface area contributed by atoms with Crippen LogP contribution in [0.2, 0.25) is 5.02 Å². The molecule has 0 bridgehead atoms. The van der Waals surface area contributed by atoms with Crippen LogP contribution in [0.25, 0.3) is 0 Å². The fraction of sp³-hybridized carbons (Fsp3) is 0.391. The van der Waals surface area contributed by atoms with E-state index < -0.39 is 0 Å². The summed E-state index contributed by atoms with van der Waals surface area (Å²) in [5.74, 6) is 0.376. The van der Waals surface area contributed by atoms with Crippen LogP contribution in [0.4, 0.5) is 5.69 Å². The van der Waals surface area contributed by atoms with Crippen LogP contribution in [0.5, 0.6) is 0 Å². The van der Waals surface area contributed by atoms with E-state index in [9.17, 15) is 9.59 Å². The summed E-state index contributed by atoms with van der Waals surface area (Å²) in [6, 6.07) is 15.0. The molecule has 1 unspecified atom stereocenters. The molecule has 2 aromatic carbocycles. The Balaban J connectivity index is 1.58. The van der Waals surface area contributed by atoms with E-state index in [0.717, 1.165) is 12.1 Å². The Morgan fingerprint density at radius 1 is 1.11 bits per heavy atom. The molecule has 1 N–H and O–H groups in total. The minimum atomic E-state index is -0.0701. The normalized spacial score (nSPS) is 15.9. The number of rotatable bonds is 5. The van der Waals surface area contributed by atoms with Gasteiger partial charge in [-0.15, -0.1) is 0 Å². The molecule has 1 aliphatic rings. The molecule has 5 heteroatoms. The van der Waals surface area contributed by atoms with Gasteiger partial charge < -0.3 is 10.2 Å². The Kier molecular flexibility index (Phi) is 6.74. The first-order valence-corrected chi connectivity index (χ1v) is 10.3. The summed E-state index contributed by atoms with van der Waals surface area (Å²) in [5, 5.41) is 3.74. The summed E-state index contributed by atoms with van der Waals surface area (Å²) in [6.45, 7) is 5.50. The van der Waals surface area contributed by atoms with Crippen LogP contribution in [0.1, 0.15) is 54.9 Å². The number of piperidine rings is 1. The molecule has 0 spiro atoms. The lowest BCUT2D eigenvalue weighted by Crippen LogP contribution is -2.41. The number of halogens is 1. The Morgan fingerprint density at radius 3 is 2.39 bits per heavy atom. The lowest BCUT2D eigenvalue weighted by molar-refractivity contribution is -0.121. The Hall–Kier alpha value is -2.33. The molecule has 0 aromatic heterocycles. The second kappa shape index (κ2) is 9.24. The van der Waals surface area contributed by atoms with Crippen molar-refractivity contribution in [1.82, 2.24) is 4.90 Å². The van der Waals surface area contributed by atoms with Crippen LogP contribution in [-0.2, 0) is 4.79 Å². The Bertz CT molecular complexity index is 827. The standard InChI is InChI=1S/C23H27ClN2O2/c1-3-16(2)20-6-4-5-7-21(20)25-22(27)17-12-14-26(15-13-17)23(28)18-8-10-19(24)11-9-18/h4-11,16-17H,3,12-15H2,1-2H3,(H,25,27). The van der Waals surface area contributed by atoms with Crippen LogP contribution in [0.15, 0.2) is 48.5 Å². The number of hydrogen-bond acceptors (Lipinski definition) is 2. The van der Waals surface area contributed by atoms with Crippen LogP contribution < -0.4 is 5.32 Å². The fourth-order valence-corrected chi connectivity index (χ4v) is 3.74. The third kappa shape index (κ3) is 4.74. The van der Waals surface area contributed by atoms with Gasteiger partial charge in [0.15, 0.2) is 0 Å². The molecular weight excluding hydrogens is 372 g/mol. The molecular formula is C23H27ClN2O2. The van der Waals surface area contributed by atoms with Gasteiger partial charge in [-0.05, 0) is 61.1 Å². The van der Waals surface area contributed by atoms with Gasteiger partial charge in [-0.3, -0.25) is 9.59 Å². The average molecular weight is 399 g/mol. The quantitative estimate of drug-likeness (QED) is 0.738. The summed E-state index contributed by atoms with van der Waals surface area (Å²) < 4.78 is 0. The Labute approximate surface area is 171 Å². The molecule has 4 nitrogen and oxygen atoms in total. The molecule has 2 aromatic rings. The van der Waals surface area contributed by atoms with Gasteiger partial charge in [0.2, 0.25) is 5.91 Å². The highest BCUT2D eigenvalue weighted by molar-refractivity contribution is 6.30. The second-order valence-electron chi connectivity index (χ2n) is 7.46. The van der Waals surface area contributed by atoms with Gasteiger partial charge in [-0.1, -0.05) is 43.6 Å². The van der Waals surface area contributed by atoms with Crippen molar-refractivity contribution in [1.29, 1.82) is 0 Å². The molecule has 1 saturated heterocycles. The molecule has 1 atom stereocenters. The molecule has 3 rings (SSSR count). The summed E-state index contributed by atoms with van der Waals surface area (Å²) in [7, 11) is 0. The van der Waals surface area contributed by atoms with Crippen molar-refractivity contribution in [2.24, 2.45) is 5.92 Å². The maximum Gasteiger partial charge on any atom is 0.253 e. The molecule has 148 valence electrons. The van der Waals surface area contributed by atoms with Crippen molar-refractivity contribution in [3.05, 3.63) is 64.7 Å². The highest BCUT2D eigenvalue weighted by Gasteiger charge is 2.28. The highest BCUT2D eigenvalue weighted by atomic mass is 35.5. The topological polar surface area (TPSA) is 49.4 Å². The van der Waals surface area contributed by atoms with E-state index in [1.807, 2.05) is 23.1 Å². The van der Waals surface area contributed by atoms with Gasteiger partial charge in [0.1, 0.15) is 0 Å². The van der Waals surface area contributed by atoms with Crippen molar-refractivity contribution in [2.45, 2.75) is 39.0 Å². The number of para-hydroxylation sites is 1. The third-order valence-electron chi connectivity index (χ3n) is 5.61. The summed E-state index contributed by atoms with van der Waals surface area (Å²) in [4.78, 5) is 27.2. The number of nitrogens with zero attached hydrogens (tertiary/aromatic N) is 1. The first-order chi connectivity index (χ1) is 13.5. The molecule has 1 heterocycles. The summed E-state index contributed by atoms with van der Waals surface area (Å²) >= 11 is 5.89. The van der Waals surface area contributed by atoms with Crippen LogP contribution in [0.3, 0.4) is 0 Å². The predicted molar refractivity (Wildman–Crippen MR) is 114 cm³/mol. The van der Waals surface area contributed by atoms with Crippen molar-refractivity contribution < 1.29 is 9.59 Å². The van der Waals surface area contributed by atoms with Crippen molar-refractivity contribution >= 4 is 29.1 Å². The molecule has 0 radical (unpaired) electrons. The molecule has 0 saturated carbocycles. The molecule has 2 amide bonds. The first kappa shape index (κ1) is 20.4. The van der Waals surface area contributed by atoms with E-state index in [1.165, 1.54) is 5.56 Å². The minimum absolute atomic E-state index is 0.00218. The number of benzene rings is 2. The number of likely N-dealkylation sites (tertiary alicyclic amines) is 1. The van der Waals surface area contributed by atoms with Gasteiger partial charge in [0, 0.05) is 35.3 Å². The maximum atomic E-state index is 12.8. The first-order valence-electron chi connectivity index (χ1n) is 9.94. The van der Waals surface area contributed by atoms with Crippen molar-refractivity contribution in [2.75, 3.05) is 18.4 Å². The fourth-order valence-electron chi connectivity index (χ4n) is 3.62. The van der Waals surface area contributed by atoms with E-state index in [0.29, 0.717) is 42.4 Å². The average Bonchev–Trinajstić information content (AvgIpc) is 2.73. The van der Waals surface area contributed by atoms with E-state index in [4.69, 9.17) is 11.6 Å². The molecule has 0 aliphatic carbocycles. The van der Waals surface area contributed by atoms with Gasteiger partial charge in [-0.25, -0.2) is 0 Å². The largest absolute Gasteiger partial charge is 0.339 e. The van der Waals surface area contributed by atoms with Crippen LogP contribution >= 0.6 is 11.6 Å². The van der Waals surface area contributed by atoms with Gasteiger partial charge >= 0.3 is 0 Å². The van der Waals surface area contributed by atoms with Crippen molar-refractivity contribution in [3.8, 4) is 0 Å². The van der Waals surface area contributed by atoms with Crippen LogP contribution in [0, 0.1) is 5.92 Å². The number of hydrogen-bond donors (Lipinski definition) is 1. The molecule has 1 aliphatic heterocycles. The lowest BCUT2D eigenvalue weighted by atomic mass is 9.93. The second-order valence-corrected chi connectivity index (χ2v) is 7.90. The lowest BCUT2D eigenvalue weighted by Gasteiger charge is -2.31. The van der Waals surface area contributed by atoms with Crippen LogP contribution in [-0.4, -0.2) is 29.8 Å². The van der Waals surface area contributed by atoms with Gasteiger partial charge in [-0.2, -0.15) is 0 Å². The zero-order chi connectivity index (χ0) is 20.1. The van der Waals surface area contributed by atoms with E-state index in [-0.39, 0.29) is 17.7 Å². The van der Waals surface area contributed by atoms with Gasteiger partial charge in [0.25, 0.3) is 5.91 Å². The van der Waals surface area contributed by atoms with Gasteiger partial charge in [0.05, 0.1) is 0 Å². The number of carbonyl (C=O) groups excluding carboxylic acids is 2. The number of nitrogens with one attached hydrogen (secondary N) is 1. The summed E-state index contributed by atoms with van der Waals surface area (Å²) in [6.07, 6.45) is 2.38. The SMILES string of the molecule is CCC(C)c1ccccc1NC(=O)C1CCN(C(=O)c2ccc(Cl)cc2)CC1.